The summed E-state index contributed by atoms with van der Waals surface area (Å²) in [5, 5.41) is 0. The Balaban J connectivity index is 2.45. The van der Waals surface area contributed by atoms with Crippen molar-refractivity contribution in [3.63, 3.8) is 0 Å². The number of rotatable bonds is 0. The number of nitrogens with two attached hydrogens (primary N) is 1. The first-order valence-corrected chi connectivity index (χ1v) is 5.21. The smallest absolute Gasteiger partial charge is 0.0390 e. The van der Waals surface area contributed by atoms with Gasteiger partial charge >= 0.3 is 0 Å². The molecule has 0 aromatic carbocycles. The molecule has 0 saturated heterocycles. The van der Waals surface area contributed by atoms with Crippen molar-refractivity contribution in [1.29, 1.82) is 0 Å². The van der Waals surface area contributed by atoms with Gasteiger partial charge in [-0.2, -0.15) is 0 Å². The van der Waals surface area contributed by atoms with Crippen LogP contribution in [-0.2, 0) is 0 Å². The van der Waals surface area contributed by atoms with E-state index in [1.165, 1.54) is 12.8 Å². The van der Waals surface area contributed by atoms with Crippen molar-refractivity contribution in [2.45, 2.75) is 44.0 Å². The summed E-state index contributed by atoms with van der Waals surface area (Å²) in [5.74, 6) is 0. The Labute approximate surface area is 76.9 Å². The Morgan fingerprint density at radius 1 is 1.27 bits per heavy atom. The van der Waals surface area contributed by atoms with Crippen LogP contribution in [0.3, 0.4) is 0 Å². The summed E-state index contributed by atoms with van der Waals surface area (Å²) in [4.78, 5) is 0.539. The number of halogens is 1. The van der Waals surface area contributed by atoms with E-state index in [0.717, 1.165) is 0 Å². The summed E-state index contributed by atoms with van der Waals surface area (Å²) in [5.41, 5.74) is 7.15. The molecule has 3 saturated carbocycles. The molecule has 2 N–H and O–H groups in total. The van der Waals surface area contributed by atoms with E-state index < -0.39 is 0 Å². The molecule has 0 amide bonds. The minimum atomic E-state index is 0.0712. The van der Waals surface area contributed by atoms with Gasteiger partial charge < -0.3 is 5.73 Å². The first kappa shape index (κ1) is 8.06. The van der Waals surface area contributed by atoms with Crippen LogP contribution in [-0.4, -0.2) is 10.4 Å². The van der Waals surface area contributed by atoms with Crippen LogP contribution in [0.15, 0.2) is 0 Å². The highest BCUT2D eigenvalue weighted by Crippen LogP contribution is 2.73. The molecule has 3 aliphatic rings. The van der Waals surface area contributed by atoms with Crippen molar-refractivity contribution in [3.8, 4) is 0 Å². The molecule has 2 heteroatoms. The normalized spacial score (nSPS) is 59.2. The van der Waals surface area contributed by atoms with Crippen molar-refractivity contribution in [2.24, 2.45) is 16.6 Å². The topological polar surface area (TPSA) is 26.0 Å². The maximum atomic E-state index is 6.30. The van der Waals surface area contributed by atoms with Gasteiger partial charge in [-0.15, -0.1) is 0 Å². The molecule has 0 aliphatic heterocycles. The second kappa shape index (κ2) is 1.69. The highest BCUT2D eigenvalue weighted by molar-refractivity contribution is 9.09. The fourth-order valence-electron chi connectivity index (χ4n) is 3.00. The van der Waals surface area contributed by atoms with Crippen LogP contribution in [0.2, 0.25) is 0 Å². The lowest BCUT2D eigenvalue weighted by Gasteiger charge is -2.63. The first-order chi connectivity index (χ1) is 4.86. The zero-order valence-electron chi connectivity index (χ0n) is 7.45. The van der Waals surface area contributed by atoms with Crippen molar-refractivity contribution in [3.05, 3.63) is 0 Å². The molecule has 11 heavy (non-hydrogen) atoms. The van der Waals surface area contributed by atoms with Crippen LogP contribution in [0.1, 0.15) is 33.6 Å². The van der Waals surface area contributed by atoms with Gasteiger partial charge in [0.05, 0.1) is 0 Å². The summed E-state index contributed by atoms with van der Waals surface area (Å²) in [6.07, 6.45) is 2.47. The fraction of sp³-hybridized carbons (Fsp3) is 1.00. The molecule has 0 heterocycles. The lowest BCUT2D eigenvalue weighted by Crippen LogP contribution is -2.73. The van der Waals surface area contributed by atoms with E-state index in [1.807, 2.05) is 0 Å². The lowest BCUT2D eigenvalue weighted by atomic mass is 9.48. The Hall–Kier alpha value is 0.440. The van der Waals surface area contributed by atoms with Crippen LogP contribution in [0.25, 0.3) is 0 Å². The van der Waals surface area contributed by atoms with E-state index in [2.05, 4.69) is 36.7 Å². The fourth-order valence-corrected chi connectivity index (χ4v) is 4.60. The molecule has 2 bridgehead atoms. The Morgan fingerprint density at radius 3 is 1.91 bits per heavy atom. The third kappa shape index (κ3) is 0.531. The van der Waals surface area contributed by atoms with E-state index in [1.54, 1.807) is 0 Å². The van der Waals surface area contributed by atoms with Gasteiger partial charge in [0.15, 0.2) is 0 Å². The lowest BCUT2D eigenvalue weighted by molar-refractivity contribution is -0.0476. The molecule has 0 spiro atoms. The maximum Gasteiger partial charge on any atom is 0.0390 e. The monoisotopic (exact) mass is 217 g/mol. The van der Waals surface area contributed by atoms with Crippen molar-refractivity contribution in [2.75, 3.05) is 0 Å². The number of fused-ring (bicyclic) bond motifs is 1. The minimum Gasteiger partial charge on any atom is -0.324 e. The zero-order valence-corrected chi connectivity index (χ0v) is 9.03. The van der Waals surface area contributed by atoms with Crippen molar-refractivity contribution in [1.82, 2.24) is 0 Å². The Morgan fingerprint density at radius 2 is 1.82 bits per heavy atom. The molecular weight excluding hydrogens is 202 g/mol. The highest BCUT2D eigenvalue weighted by atomic mass is 79.9. The van der Waals surface area contributed by atoms with Crippen molar-refractivity contribution >= 4 is 15.9 Å². The van der Waals surface area contributed by atoms with Crippen LogP contribution < -0.4 is 5.73 Å². The summed E-state index contributed by atoms with van der Waals surface area (Å²) >= 11 is 3.72. The van der Waals surface area contributed by atoms with Gasteiger partial charge in [0.1, 0.15) is 0 Å². The highest BCUT2D eigenvalue weighted by Gasteiger charge is 2.75. The molecular formula is C9H16BrN. The van der Waals surface area contributed by atoms with Crippen molar-refractivity contribution < 1.29 is 0 Å². The molecule has 3 aliphatic carbocycles. The molecule has 3 rings (SSSR count). The van der Waals surface area contributed by atoms with E-state index in [9.17, 15) is 0 Å². The molecule has 0 aromatic rings. The van der Waals surface area contributed by atoms with E-state index in [-0.39, 0.29) is 5.54 Å². The van der Waals surface area contributed by atoms with Crippen LogP contribution in [0.5, 0.6) is 0 Å². The third-order valence-corrected chi connectivity index (χ3v) is 6.49. The van der Waals surface area contributed by atoms with E-state index in [4.69, 9.17) is 5.73 Å². The number of hydrogen-bond donors (Lipinski definition) is 1. The molecule has 64 valence electrons. The summed E-state index contributed by atoms with van der Waals surface area (Å²) < 4.78 is 0. The van der Waals surface area contributed by atoms with Gasteiger partial charge in [0.25, 0.3) is 0 Å². The molecule has 0 unspecified atom stereocenters. The molecule has 0 radical (unpaired) electrons. The molecule has 0 aromatic heterocycles. The van der Waals surface area contributed by atoms with Gasteiger partial charge in [-0.25, -0.2) is 0 Å². The predicted molar refractivity (Wildman–Crippen MR) is 50.8 cm³/mol. The molecule has 3 atom stereocenters. The average Bonchev–Trinajstić information content (AvgIpc) is 2.26. The van der Waals surface area contributed by atoms with Gasteiger partial charge in [0, 0.05) is 10.4 Å². The number of alkyl halides is 1. The van der Waals surface area contributed by atoms with Gasteiger partial charge in [-0.1, -0.05) is 36.7 Å². The predicted octanol–water partition coefficient (Wildman–Crippen LogP) is 2.29. The van der Waals surface area contributed by atoms with Crippen LogP contribution in [0.4, 0.5) is 0 Å². The maximum absolute atomic E-state index is 6.30. The van der Waals surface area contributed by atoms with Gasteiger partial charge in [0.2, 0.25) is 0 Å². The standard InChI is InChI=1S/C9H16BrN/c1-7(2)8(3)4-5-9(7,11)6(8)10/h6H,4-5,11H2,1-3H3/t6-,8+,9+/m1/s1. The average molecular weight is 218 g/mol. The third-order valence-electron chi connectivity index (χ3n) is 4.66. The zero-order chi connectivity index (χ0) is 8.49. The van der Waals surface area contributed by atoms with Gasteiger partial charge in [-0.05, 0) is 23.7 Å². The van der Waals surface area contributed by atoms with E-state index in [0.29, 0.717) is 15.7 Å². The Bertz CT molecular complexity index is 188. The first-order valence-electron chi connectivity index (χ1n) is 4.29. The molecule has 3 fully saturated rings. The SMILES string of the molecule is CC1(C)[C@@]2(C)CC[C@]1(N)[C@@H]2Br. The summed E-state index contributed by atoms with van der Waals surface area (Å²) in [6.45, 7) is 6.96. The molecule has 1 nitrogen and oxygen atoms in total. The summed E-state index contributed by atoms with van der Waals surface area (Å²) in [6, 6.07) is 0. The number of hydrogen-bond acceptors (Lipinski definition) is 1. The van der Waals surface area contributed by atoms with E-state index >= 15 is 0 Å². The van der Waals surface area contributed by atoms with Crippen LogP contribution in [0, 0.1) is 10.8 Å². The second-order valence-corrected chi connectivity index (χ2v) is 5.86. The Kier molecular flexibility index (Phi) is 1.24. The minimum absolute atomic E-state index is 0.0712. The largest absolute Gasteiger partial charge is 0.324 e. The quantitative estimate of drug-likeness (QED) is 0.620. The van der Waals surface area contributed by atoms with Crippen LogP contribution >= 0.6 is 15.9 Å². The second-order valence-electron chi connectivity index (χ2n) is 4.95. The summed E-state index contributed by atoms with van der Waals surface area (Å²) in [7, 11) is 0. The van der Waals surface area contributed by atoms with Gasteiger partial charge in [-0.3, -0.25) is 0 Å².